The van der Waals surface area contributed by atoms with Crippen LogP contribution in [0.25, 0.3) is 0 Å². The van der Waals surface area contributed by atoms with E-state index >= 15 is 0 Å². The number of amides is 1. The zero-order chi connectivity index (χ0) is 11.9. The maximum atomic E-state index is 11.3. The molecule has 0 fully saturated rings. The van der Waals surface area contributed by atoms with Gasteiger partial charge in [-0.15, -0.1) is 0 Å². The van der Waals surface area contributed by atoms with E-state index in [1.54, 1.807) is 7.11 Å². The summed E-state index contributed by atoms with van der Waals surface area (Å²) in [7, 11) is 1.55. The molecular weight excluding hydrogens is 198 g/mol. The molecule has 0 aliphatic heterocycles. The first kappa shape index (κ1) is 14.2. The highest BCUT2D eigenvalue weighted by Gasteiger charge is 2.17. The summed E-state index contributed by atoms with van der Waals surface area (Å²) in [6.45, 7) is 7.91. The van der Waals surface area contributed by atoms with E-state index in [0.717, 1.165) is 0 Å². The second-order valence-electron chi connectivity index (χ2n) is 4.32. The average Bonchev–Trinajstić information content (AvgIpc) is 2.00. The standard InChI is InChI=1S/C10H21NO4/c1-8(6-14-7-13-5)11-9(12)15-10(2,3)4/h8H,6-7H2,1-5H3,(H,11,12)/t8-/m0/s1. The van der Waals surface area contributed by atoms with Crippen molar-refractivity contribution >= 4 is 6.09 Å². The monoisotopic (exact) mass is 219 g/mol. The van der Waals surface area contributed by atoms with Crippen LogP contribution in [0, 0.1) is 0 Å². The van der Waals surface area contributed by atoms with Crippen LogP contribution in [-0.4, -0.2) is 38.2 Å². The van der Waals surface area contributed by atoms with Crippen molar-refractivity contribution in [2.45, 2.75) is 39.3 Å². The molecule has 0 heterocycles. The minimum absolute atomic E-state index is 0.102. The number of hydrogen-bond donors (Lipinski definition) is 1. The fourth-order valence-corrected chi connectivity index (χ4v) is 0.859. The van der Waals surface area contributed by atoms with Crippen LogP contribution in [0.2, 0.25) is 0 Å². The minimum Gasteiger partial charge on any atom is -0.444 e. The van der Waals surface area contributed by atoms with Gasteiger partial charge in [-0.05, 0) is 27.7 Å². The van der Waals surface area contributed by atoms with Gasteiger partial charge in [0.25, 0.3) is 0 Å². The normalized spacial score (nSPS) is 13.4. The molecular formula is C10H21NO4. The Bertz CT molecular complexity index is 188. The van der Waals surface area contributed by atoms with Crippen LogP contribution in [0.1, 0.15) is 27.7 Å². The highest BCUT2D eigenvalue weighted by molar-refractivity contribution is 5.68. The summed E-state index contributed by atoms with van der Waals surface area (Å²) >= 11 is 0. The molecule has 0 saturated carbocycles. The van der Waals surface area contributed by atoms with Gasteiger partial charge in [0.15, 0.2) is 0 Å². The van der Waals surface area contributed by atoms with E-state index in [1.165, 1.54) is 0 Å². The zero-order valence-corrected chi connectivity index (χ0v) is 10.1. The van der Waals surface area contributed by atoms with Crippen molar-refractivity contribution < 1.29 is 19.0 Å². The van der Waals surface area contributed by atoms with Crippen molar-refractivity contribution in [3.8, 4) is 0 Å². The number of ether oxygens (including phenoxy) is 3. The number of nitrogens with one attached hydrogen (secondary N) is 1. The van der Waals surface area contributed by atoms with Gasteiger partial charge in [-0.25, -0.2) is 4.79 Å². The molecule has 90 valence electrons. The molecule has 0 saturated heterocycles. The molecule has 0 aliphatic carbocycles. The zero-order valence-electron chi connectivity index (χ0n) is 10.1. The topological polar surface area (TPSA) is 56.8 Å². The van der Waals surface area contributed by atoms with Crippen LogP contribution in [-0.2, 0) is 14.2 Å². The van der Waals surface area contributed by atoms with Crippen LogP contribution in [0.15, 0.2) is 0 Å². The summed E-state index contributed by atoms with van der Waals surface area (Å²) in [6.07, 6.45) is -0.434. The first-order chi connectivity index (χ1) is 6.85. The third-order valence-electron chi connectivity index (χ3n) is 1.33. The quantitative estimate of drug-likeness (QED) is 0.562. The van der Waals surface area contributed by atoms with Crippen molar-refractivity contribution in [3.63, 3.8) is 0 Å². The largest absolute Gasteiger partial charge is 0.444 e. The van der Waals surface area contributed by atoms with Crippen LogP contribution in [0.4, 0.5) is 4.79 Å². The van der Waals surface area contributed by atoms with E-state index in [1.807, 2.05) is 27.7 Å². The van der Waals surface area contributed by atoms with E-state index in [9.17, 15) is 4.79 Å². The van der Waals surface area contributed by atoms with Crippen LogP contribution in [0.3, 0.4) is 0 Å². The third kappa shape index (κ3) is 9.49. The smallest absolute Gasteiger partial charge is 0.407 e. The molecule has 0 unspecified atom stereocenters. The van der Waals surface area contributed by atoms with E-state index in [2.05, 4.69) is 5.32 Å². The Balaban J connectivity index is 3.67. The number of alkyl carbamates (subject to hydrolysis) is 1. The highest BCUT2D eigenvalue weighted by atomic mass is 16.7. The summed E-state index contributed by atoms with van der Waals surface area (Å²) in [5.74, 6) is 0. The fraction of sp³-hybridized carbons (Fsp3) is 0.900. The van der Waals surface area contributed by atoms with Crippen molar-refractivity contribution in [1.29, 1.82) is 0 Å². The second kappa shape index (κ2) is 6.63. The Morgan fingerprint density at radius 2 is 2.00 bits per heavy atom. The third-order valence-corrected chi connectivity index (χ3v) is 1.33. The van der Waals surface area contributed by atoms with Gasteiger partial charge in [0.05, 0.1) is 12.6 Å². The van der Waals surface area contributed by atoms with Gasteiger partial charge in [-0.1, -0.05) is 0 Å². The highest BCUT2D eigenvalue weighted by Crippen LogP contribution is 2.06. The Morgan fingerprint density at radius 1 is 1.40 bits per heavy atom. The molecule has 1 atom stereocenters. The number of carbonyl (C=O) groups excluding carboxylic acids is 1. The SMILES string of the molecule is COCOC[C@H](C)NC(=O)OC(C)(C)C. The lowest BCUT2D eigenvalue weighted by molar-refractivity contribution is -0.0373. The van der Waals surface area contributed by atoms with Crippen molar-refractivity contribution in [1.82, 2.24) is 5.32 Å². The molecule has 1 amide bonds. The molecule has 0 bridgehead atoms. The van der Waals surface area contributed by atoms with E-state index in [0.29, 0.717) is 6.61 Å². The fourth-order valence-electron chi connectivity index (χ4n) is 0.859. The number of carbonyl (C=O) groups is 1. The lowest BCUT2D eigenvalue weighted by atomic mass is 10.2. The van der Waals surface area contributed by atoms with Gasteiger partial charge in [-0.2, -0.15) is 0 Å². The van der Waals surface area contributed by atoms with Gasteiger partial charge >= 0.3 is 6.09 Å². The molecule has 0 aromatic heterocycles. The maximum absolute atomic E-state index is 11.3. The van der Waals surface area contributed by atoms with Crippen LogP contribution >= 0.6 is 0 Å². The summed E-state index contributed by atoms with van der Waals surface area (Å²) in [5.41, 5.74) is -0.475. The lowest BCUT2D eigenvalue weighted by Gasteiger charge is -2.21. The van der Waals surface area contributed by atoms with E-state index in [4.69, 9.17) is 14.2 Å². The molecule has 0 aromatic carbocycles. The second-order valence-corrected chi connectivity index (χ2v) is 4.32. The van der Waals surface area contributed by atoms with Crippen molar-refractivity contribution in [2.75, 3.05) is 20.5 Å². The van der Waals surface area contributed by atoms with Gasteiger partial charge in [0, 0.05) is 7.11 Å². The molecule has 15 heavy (non-hydrogen) atoms. The maximum Gasteiger partial charge on any atom is 0.407 e. The first-order valence-corrected chi connectivity index (χ1v) is 4.91. The summed E-state index contributed by atoms with van der Waals surface area (Å²) in [5, 5.41) is 2.65. The van der Waals surface area contributed by atoms with Gasteiger partial charge in [-0.3, -0.25) is 0 Å². The minimum atomic E-state index is -0.475. The molecule has 0 rings (SSSR count). The predicted octanol–water partition coefficient (Wildman–Crippen LogP) is 1.52. The molecule has 0 radical (unpaired) electrons. The Hall–Kier alpha value is -0.810. The van der Waals surface area contributed by atoms with E-state index < -0.39 is 11.7 Å². The molecule has 1 N–H and O–H groups in total. The van der Waals surface area contributed by atoms with Gasteiger partial charge < -0.3 is 19.5 Å². The van der Waals surface area contributed by atoms with E-state index in [-0.39, 0.29) is 12.8 Å². The average molecular weight is 219 g/mol. The van der Waals surface area contributed by atoms with Gasteiger partial charge in [0.2, 0.25) is 0 Å². The van der Waals surface area contributed by atoms with Crippen LogP contribution < -0.4 is 5.32 Å². The molecule has 0 aliphatic rings. The summed E-state index contributed by atoms with van der Waals surface area (Å²) in [6, 6.07) is -0.102. The molecule has 0 aromatic rings. The number of methoxy groups -OCH3 is 1. The molecule has 0 spiro atoms. The van der Waals surface area contributed by atoms with Crippen molar-refractivity contribution in [3.05, 3.63) is 0 Å². The Labute approximate surface area is 91.1 Å². The first-order valence-electron chi connectivity index (χ1n) is 4.91. The van der Waals surface area contributed by atoms with Gasteiger partial charge in [0.1, 0.15) is 12.4 Å². The summed E-state index contributed by atoms with van der Waals surface area (Å²) in [4.78, 5) is 11.3. The Morgan fingerprint density at radius 3 is 2.47 bits per heavy atom. The number of hydrogen-bond acceptors (Lipinski definition) is 4. The molecule has 5 heteroatoms. The van der Waals surface area contributed by atoms with Crippen LogP contribution in [0.5, 0.6) is 0 Å². The lowest BCUT2D eigenvalue weighted by Crippen LogP contribution is -2.39. The number of rotatable bonds is 5. The predicted molar refractivity (Wildman–Crippen MR) is 56.7 cm³/mol. The molecule has 5 nitrogen and oxygen atoms in total. The van der Waals surface area contributed by atoms with Crippen molar-refractivity contribution in [2.24, 2.45) is 0 Å². The Kier molecular flexibility index (Phi) is 6.27. The summed E-state index contributed by atoms with van der Waals surface area (Å²) < 4.78 is 14.9.